The summed E-state index contributed by atoms with van der Waals surface area (Å²) in [6, 6.07) is 6.41. The van der Waals surface area contributed by atoms with Gasteiger partial charge in [0, 0.05) is 18.7 Å². The molecule has 2 rings (SSSR count). The van der Waals surface area contributed by atoms with Gasteiger partial charge in [-0.2, -0.15) is 0 Å². The van der Waals surface area contributed by atoms with Crippen molar-refractivity contribution in [2.75, 3.05) is 11.9 Å². The van der Waals surface area contributed by atoms with Gasteiger partial charge in [-0.05, 0) is 37.3 Å². The zero-order valence-electron chi connectivity index (χ0n) is 9.29. The molecule has 1 aromatic rings. The number of nitrogens with one attached hydrogen (secondary N) is 1. The van der Waals surface area contributed by atoms with E-state index in [1.54, 1.807) is 0 Å². The molecule has 82 valence electrons. The summed E-state index contributed by atoms with van der Waals surface area (Å²) in [5.41, 5.74) is 3.94. The summed E-state index contributed by atoms with van der Waals surface area (Å²) >= 11 is 0. The van der Waals surface area contributed by atoms with Crippen LogP contribution in [0.15, 0.2) is 18.2 Å². The van der Waals surface area contributed by atoms with E-state index in [0.29, 0.717) is 0 Å². The Balaban J connectivity index is 2.30. The Morgan fingerprint density at radius 3 is 3.07 bits per heavy atom. The normalized spacial score (nSPS) is 17.5. The van der Waals surface area contributed by atoms with Gasteiger partial charge in [0.15, 0.2) is 0 Å². The van der Waals surface area contributed by atoms with Crippen molar-refractivity contribution in [3.05, 3.63) is 29.3 Å². The van der Waals surface area contributed by atoms with Crippen LogP contribution in [0.5, 0.6) is 0 Å². The van der Waals surface area contributed by atoms with Gasteiger partial charge in [0.2, 0.25) is 0 Å². The third-order valence-corrected chi connectivity index (χ3v) is 2.93. The van der Waals surface area contributed by atoms with E-state index in [2.05, 4.69) is 23.5 Å². The Hall–Kier alpha value is -1.02. The number of fused-ring (bicyclic) bond motifs is 1. The van der Waals surface area contributed by atoms with Crippen LogP contribution < -0.4 is 5.32 Å². The number of aryl methyl sites for hydroxylation is 1. The summed E-state index contributed by atoms with van der Waals surface area (Å²) in [6.07, 6.45) is 4.15. The van der Waals surface area contributed by atoms with Crippen molar-refractivity contribution in [1.82, 2.24) is 0 Å². The predicted molar refractivity (Wildman–Crippen MR) is 63.3 cm³/mol. The Morgan fingerprint density at radius 2 is 2.27 bits per heavy atom. The van der Waals surface area contributed by atoms with Crippen LogP contribution in [-0.4, -0.2) is 17.8 Å². The number of hydrogen-bond acceptors (Lipinski definition) is 2. The number of rotatable bonds is 2. The fourth-order valence-electron chi connectivity index (χ4n) is 2.23. The maximum atomic E-state index is 9.45. The molecule has 2 N–H and O–H groups in total. The van der Waals surface area contributed by atoms with E-state index in [1.165, 1.54) is 29.7 Å². The lowest BCUT2D eigenvalue weighted by Crippen LogP contribution is -2.09. The summed E-state index contributed by atoms with van der Waals surface area (Å²) in [4.78, 5) is 0. The van der Waals surface area contributed by atoms with Crippen LogP contribution in [0, 0.1) is 0 Å². The van der Waals surface area contributed by atoms with Crippen molar-refractivity contribution in [2.24, 2.45) is 0 Å². The van der Waals surface area contributed by atoms with E-state index in [1.807, 2.05) is 6.92 Å². The molecule has 2 nitrogen and oxygen atoms in total. The molecule has 15 heavy (non-hydrogen) atoms. The van der Waals surface area contributed by atoms with E-state index >= 15 is 0 Å². The first-order chi connectivity index (χ1) is 7.27. The Morgan fingerprint density at radius 1 is 1.40 bits per heavy atom. The Kier molecular flexibility index (Phi) is 3.27. The van der Waals surface area contributed by atoms with Crippen molar-refractivity contribution >= 4 is 5.69 Å². The maximum Gasteiger partial charge on any atom is 0.0553 e. The van der Waals surface area contributed by atoms with Crippen LogP contribution in [0.1, 0.15) is 30.9 Å². The van der Waals surface area contributed by atoms with Crippen LogP contribution >= 0.6 is 0 Å². The summed E-state index contributed by atoms with van der Waals surface area (Å²) in [7, 11) is 0. The minimum absolute atomic E-state index is 0.262. The lowest BCUT2D eigenvalue weighted by atomic mass is 10.00. The number of anilines is 1. The lowest BCUT2D eigenvalue weighted by molar-refractivity contribution is 0.195. The van der Waals surface area contributed by atoms with Crippen LogP contribution in [0.2, 0.25) is 0 Å². The largest absolute Gasteiger partial charge is 0.393 e. The molecule has 1 aliphatic rings. The van der Waals surface area contributed by atoms with E-state index in [9.17, 15) is 5.11 Å². The molecule has 0 saturated carbocycles. The van der Waals surface area contributed by atoms with Crippen molar-refractivity contribution in [2.45, 2.75) is 38.7 Å². The molecule has 0 aliphatic carbocycles. The summed E-state index contributed by atoms with van der Waals surface area (Å²) in [6.45, 7) is 2.90. The van der Waals surface area contributed by atoms with Crippen molar-refractivity contribution in [3.8, 4) is 0 Å². The second-order valence-electron chi connectivity index (χ2n) is 4.39. The Labute approximate surface area is 91.3 Å². The zero-order chi connectivity index (χ0) is 10.7. The highest BCUT2D eigenvalue weighted by Gasteiger charge is 2.12. The van der Waals surface area contributed by atoms with Gasteiger partial charge in [-0.25, -0.2) is 0 Å². The monoisotopic (exact) mass is 205 g/mol. The first kappa shape index (κ1) is 10.5. The Bertz CT molecular complexity index is 333. The topological polar surface area (TPSA) is 32.3 Å². The lowest BCUT2D eigenvalue weighted by Gasteiger charge is -2.14. The molecule has 0 bridgehead atoms. The molecule has 1 atom stereocenters. The van der Waals surface area contributed by atoms with Gasteiger partial charge in [0.25, 0.3) is 0 Å². The third kappa shape index (κ3) is 2.51. The van der Waals surface area contributed by atoms with E-state index in [0.717, 1.165) is 19.4 Å². The molecule has 0 spiro atoms. The predicted octanol–water partition coefficient (Wildman–Crippen LogP) is 2.36. The van der Waals surface area contributed by atoms with Gasteiger partial charge in [0.05, 0.1) is 6.10 Å². The third-order valence-electron chi connectivity index (χ3n) is 2.93. The molecular weight excluding hydrogens is 186 g/mol. The minimum Gasteiger partial charge on any atom is -0.393 e. The molecule has 0 fully saturated rings. The number of aliphatic hydroxyl groups excluding tert-OH is 1. The first-order valence-electron chi connectivity index (χ1n) is 5.80. The average molecular weight is 205 g/mol. The van der Waals surface area contributed by atoms with E-state index in [-0.39, 0.29) is 6.10 Å². The fraction of sp³-hybridized carbons (Fsp3) is 0.538. The standard InChI is InChI=1S/C13H19NO/c1-10(15)9-12-7-4-6-11-5-2-3-8-14-13(11)12/h4,6-7,10,14-15H,2-3,5,8-9H2,1H3. The van der Waals surface area contributed by atoms with Crippen LogP contribution in [-0.2, 0) is 12.8 Å². The molecule has 1 heterocycles. The van der Waals surface area contributed by atoms with Crippen LogP contribution in [0.25, 0.3) is 0 Å². The first-order valence-corrected chi connectivity index (χ1v) is 5.80. The second kappa shape index (κ2) is 4.67. The molecular formula is C13H19NO. The number of aliphatic hydroxyl groups is 1. The molecule has 0 saturated heterocycles. The second-order valence-corrected chi connectivity index (χ2v) is 4.39. The minimum atomic E-state index is -0.262. The van der Waals surface area contributed by atoms with Gasteiger partial charge in [-0.3, -0.25) is 0 Å². The smallest absolute Gasteiger partial charge is 0.0553 e. The van der Waals surface area contributed by atoms with Crippen molar-refractivity contribution < 1.29 is 5.11 Å². The molecule has 2 heteroatoms. The highest BCUT2D eigenvalue weighted by Crippen LogP contribution is 2.26. The quantitative estimate of drug-likeness (QED) is 0.777. The van der Waals surface area contributed by atoms with Crippen LogP contribution in [0.4, 0.5) is 5.69 Å². The summed E-state index contributed by atoms with van der Waals surface area (Å²) in [5.74, 6) is 0. The van der Waals surface area contributed by atoms with E-state index in [4.69, 9.17) is 0 Å². The average Bonchev–Trinajstić information content (AvgIpc) is 2.42. The van der Waals surface area contributed by atoms with Crippen LogP contribution in [0.3, 0.4) is 0 Å². The van der Waals surface area contributed by atoms with Gasteiger partial charge in [-0.15, -0.1) is 0 Å². The molecule has 1 unspecified atom stereocenters. The van der Waals surface area contributed by atoms with Gasteiger partial charge >= 0.3 is 0 Å². The molecule has 0 aromatic heterocycles. The number of benzene rings is 1. The fourth-order valence-corrected chi connectivity index (χ4v) is 2.23. The highest BCUT2D eigenvalue weighted by molar-refractivity contribution is 5.58. The van der Waals surface area contributed by atoms with Gasteiger partial charge in [-0.1, -0.05) is 18.2 Å². The van der Waals surface area contributed by atoms with E-state index < -0.39 is 0 Å². The van der Waals surface area contributed by atoms with Gasteiger partial charge in [0.1, 0.15) is 0 Å². The number of para-hydroxylation sites is 1. The van der Waals surface area contributed by atoms with Crippen molar-refractivity contribution in [3.63, 3.8) is 0 Å². The number of hydrogen-bond donors (Lipinski definition) is 2. The maximum absolute atomic E-state index is 9.45. The zero-order valence-corrected chi connectivity index (χ0v) is 9.29. The molecule has 1 aliphatic heterocycles. The van der Waals surface area contributed by atoms with Crippen molar-refractivity contribution in [1.29, 1.82) is 0 Å². The molecule has 0 radical (unpaired) electrons. The van der Waals surface area contributed by atoms with Gasteiger partial charge < -0.3 is 10.4 Å². The molecule has 1 aromatic carbocycles. The molecule has 0 amide bonds. The summed E-state index contributed by atoms with van der Waals surface area (Å²) < 4.78 is 0. The highest BCUT2D eigenvalue weighted by atomic mass is 16.3. The SMILES string of the molecule is CC(O)Cc1cccc2c1NCCCC2. The summed E-state index contributed by atoms with van der Waals surface area (Å²) in [5, 5.41) is 12.9.